The van der Waals surface area contributed by atoms with Gasteiger partial charge in [-0.15, -0.1) is 0 Å². The summed E-state index contributed by atoms with van der Waals surface area (Å²) in [7, 11) is 0. The predicted octanol–water partition coefficient (Wildman–Crippen LogP) is 5.95. The SMILES string of the molecule is C[C@]1(c2ccc(Cl)cc2F)Oc2cccc(C3CCN(Cc4nc5ccc(C(=O)O)cc5n4C[C@@H]4CCO4)CC3)c2O1.C[C@]1(c2ccc(Cl)cc2F)Oc2cccc(C3CCN(Cc4nc5ccc(C(=O)[O-])cc5n4C[C@@H]4CCO4)CC3)c2O1.NC(CO)(CO)CO.[NH3+]C(CO)(CO)CO. The number of imidazole rings is 2. The van der Waals surface area contributed by atoms with Gasteiger partial charge in [0.1, 0.15) is 43.1 Å². The average molecular weight is 1430 g/mol. The van der Waals surface area contributed by atoms with Crippen molar-refractivity contribution in [1.82, 2.24) is 28.9 Å². The zero-order valence-corrected chi connectivity index (χ0v) is 57.1. The Labute approximate surface area is 585 Å². The molecular weight excluding hydrogens is 1340 g/mol. The van der Waals surface area contributed by atoms with Crippen molar-refractivity contribution in [3.05, 3.63) is 176 Å². The van der Waals surface area contributed by atoms with E-state index in [1.807, 2.05) is 24.3 Å². The van der Waals surface area contributed by atoms with Crippen molar-refractivity contribution in [2.75, 3.05) is 79.0 Å². The molecule has 0 aliphatic carbocycles. The van der Waals surface area contributed by atoms with E-state index in [9.17, 15) is 28.6 Å². The summed E-state index contributed by atoms with van der Waals surface area (Å²) in [4.78, 5) is 37.7. The van der Waals surface area contributed by atoms with Gasteiger partial charge >= 0.3 is 5.97 Å². The molecule has 4 fully saturated rings. The molecule has 100 heavy (non-hydrogen) atoms. The van der Waals surface area contributed by atoms with Gasteiger partial charge in [0.25, 0.3) is 11.6 Å². The van der Waals surface area contributed by atoms with Crippen LogP contribution in [-0.4, -0.2) is 179 Å². The van der Waals surface area contributed by atoms with Gasteiger partial charge < -0.3 is 94.7 Å². The number of nitrogens with two attached hydrogens (primary N) is 1. The first-order chi connectivity index (χ1) is 47.9. The minimum Gasteiger partial charge on any atom is -0.545 e. The summed E-state index contributed by atoms with van der Waals surface area (Å²) >= 11 is 11.9. The average Bonchev–Trinajstić information content (AvgIpc) is 1.60. The number of aliphatic hydroxyl groups is 6. The fourth-order valence-electron chi connectivity index (χ4n) is 12.9. The topological polar surface area (TPSA) is 350 Å². The number of rotatable bonds is 20. The molecule has 28 heteroatoms. The Morgan fingerprint density at radius 2 is 0.990 bits per heavy atom. The van der Waals surface area contributed by atoms with Gasteiger partial charge in [-0.3, -0.25) is 9.80 Å². The first-order valence-corrected chi connectivity index (χ1v) is 34.0. The number of piperidine rings is 2. The molecule has 12 N–H and O–H groups in total. The normalized spacial score (nSPS) is 20.7. The molecule has 0 radical (unpaired) electrons. The Balaban J connectivity index is 0.000000166. The number of likely N-dealkylation sites (tertiary alicyclic amines) is 2. The van der Waals surface area contributed by atoms with Gasteiger partial charge in [-0.1, -0.05) is 53.5 Å². The predicted molar refractivity (Wildman–Crippen MR) is 362 cm³/mol. The molecule has 6 aliphatic heterocycles. The van der Waals surface area contributed by atoms with Crippen LogP contribution in [0.25, 0.3) is 22.1 Å². The molecule has 14 rings (SSSR count). The number of quaternary nitrogens is 1. The molecule has 2 aromatic heterocycles. The maximum atomic E-state index is 14.8. The molecule has 8 heterocycles. The van der Waals surface area contributed by atoms with Crippen LogP contribution in [0.2, 0.25) is 10.0 Å². The van der Waals surface area contributed by atoms with E-state index in [-0.39, 0.29) is 55.0 Å². The molecule has 536 valence electrons. The van der Waals surface area contributed by atoms with E-state index >= 15 is 0 Å². The summed E-state index contributed by atoms with van der Waals surface area (Å²) in [6.45, 7) is 8.91. The number of fused-ring (bicyclic) bond motifs is 4. The highest BCUT2D eigenvalue weighted by molar-refractivity contribution is 6.30. The number of aromatic nitrogens is 4. The van der Waals surface area contributed by atoms with Crippen LogP contribution in [-0.2, 0) is 47.2 Å². The zero-order chi connectivity index (χ0) is 71.3. The molecule has 0 spiro atoms. The monoisotopic (exact) mass is 1420 g/mol. The van der Waals surface area contributed by atoms with Gasteiger partial charge in [0.2, 0.25) is 0 Å². The highest BCUT2D eigenvalue weighted by Gasteiger charge is 2.45. The standard InChI is InChI=1S/2C32H31ClFN3O5.2C4H11NO3/c2*1-32(24-7-6-21(33)16-25(24)34)41-28-4-2-3-23(30(28)42-32)19-9-12-36(13-10-19)18-29-35-26-8-5-20(31(38)39)15-27(26)37(29)17-22-11-14-40-22;2*5-4(1-6,2-7)3-8/h2*2-8,15-16,19,22H,9-14,17-18H2,1H3,(H,38,39);2*6-8H,1-3,5H2/t2*22-,32-;;/m00../s1. The maximum absolute atomic E-state index is 14.8. The van der Waals surface area contributed by atoms with Crippen LogP contribution in [0, 0.1) is 11.6 Å². The largest absolute Gasteiger partial charge is 0.545 e. The second-order valence-corrected chi connectivity index (χ2v) is 27.5. The minimum absolute atomic E-state index is 0.105. The van der Waals surface area contributed by atoms with E-state index in [1.54, 1.807) is 74.5 Å². The number of carboxylic acids is 2. The summed E-state index contributed by atoms with van der Waals surface area (Å²) in [5.41, 5.74) is 12.6. The molecule has 6 aromatic carbocycles. The molecule has 0 bridgehead atoms. The fraction of sp³-hybridized carbons (Fsp3) is 0.444. The fourth-order valence-corrected chi connectivity index (χ4v) is 13.2. The Hall–Kier alpha value is -7.64. The summed E-state index contributed by atoms with van der Waals surface area (Å²) in [5.74, 6) is -0.778. The lowest BCUT2D eigenvalue weighted by Crippen LogP contribution is -2.78. The van der Waals surface area contributed by atoms with E-state index in [4.69, 9.17) is 98.0 Å². The van der Waals surface area contributed by atoms with E-state index in [1.165, 1.54) is 12.1 Å². The van der Waals surface area contributed by atoms with Gasteiger partial charge in [0, 0.05) is 48.2 Å². The molecule has 0 amide bonds. The van der Waals surface area contributed by atoms with E-state index in [2.05, 4.69) is 36.8 Å². The lowest BCUT2D eigenvalue weighted by Gasteiger charge is -2.33. The Morgan fingerprint density at radius 1 is 0.590 bits per heavy atom. The summed E-state index contributed by atoms with van der Waals surface area (Å²) in [6, 6.07) is 30.8. The number of carboxylic acid groups (broad SMARTS) is 2. The number of halogens is 4. The zero-order valence-electron chi connectivity index (χ0n) is 55.5. The van der Waals surface area contributed by atoms with Crippen LogP contribution in [0.3, 0.4) is 0 Å². The van der Waals surface area contributed by atoms with Crippen molar-refractivity contribution in [2.45, 2.75) is 125 Å². The van der Waals surface area contributed by atoms with Gasteiger partial charge in [0.15, 0.2) is 28.5 Å². The molecule has 0 unspecified atom stereocenters. The lowest BCUT2D eigenvalue weighted by molar-refractivity contribution is -0.494. The molecule has 4 saturated heterocycles. The molecule has 4 atom stereocenters. The van der Waals surface area contributed by atoms with Crippen LogP contribution >= 0.6 is 23.2 Å². The number of hydrogen-bond donors (Lipinski definition) is 9. The molecule has 24 nitrogen and oxygen atoms in total. The number of aromatic carboxylic acids is 2. The van der Waals surface area contributed by atoms with Crippen molar-refractivity contribution in [1.29, 1.82) is 0 Å². The van der Waals surface area contributed by atoms with Crippen molar-refractivity contribution in [3.8, 4) is 23.0 Å². The number of ether oxygens (including phenoxy) is 6. The first-order valence-electron chi connectivity index (χ1n) is 33.2. The second-order valence-electron chi connectivity index (χ2n) is 26.6. The van der Waals surface area contributed by atoms with Gasteiger partial charge in [-0.05, 0) is 161 Å². The summed E-state index contributed by atoms with van der Waals surface area (Å²) in [5, 5.41) is 71.9. The van der Waals surface area contributed by atoms with E-state index in [0.29, 0.717) is 70.3 Å². The summed E-state index contributed by atoms with van der Waals surface area (Å²) < 4.78 is 70.3. The minimum atomic E-state index is -1.28. The van der Waals surface area contributed by atoms with Gasteiger partial charge in [-0.25, -0.2) is 23.5 Å². The molecule has 0 saturated carbocycles. The van der Waals surface area contributed by atoms with Crippen molar-refractivity contribution in [2.24, 2.45) is 5.73 Å². The van der Waals surface area contributed by atoms with Crippen molar-refractivity contribution >= 4 is 57.2 Å². The Morgan fingerprint density at radius 3 is 1.32 bits per heavy atom. The quantitative estimate of drug-likeness (QED) is 0.0425. The molecular formula is C72H84Cl2F2N8O16. The smallest absolute Gasteiger partial charge is 0.335 e. The third kappa shape index (κ3) is 16.3. The van der Waals surface area contributed by atoms with E-state index < -0.39 is 66.0 Å². The van der Waals surface area contributed by atoms with Crippen LogP contribution in [0.5, 0.6) is 23.0 Å². The third-order valence-electron chi connectivity index (χ3n) is 19.3. The lowest BCUT2D eigenvalue weighted by atomic mass is 9.88. The number of para-hydroxylation sites is 2. The number of benzene rings is 6. The van der Waals surface area contributed by atoms with Gasteiger partial charge in [0.05, 0.1) is 108 Å². The van der Waals surface area contributed by atoms with Gasteiger partial charge in [-0.2, -0.15) is 0 Å². The summed E-state index contributed by atoms with van der Waals surface area (Å²) in [6.07, 6.45) is 5.84. The van der Waals surface area contributed by atoms with Crippen molar-refractivity contribution < 1.29 is 93.4 Å². The second kappa shape index (κ2) is 31.3. The van der Waals surface area contributed by atoms with Crippen LogP contribution < -0.4 is 35.5 Å². The highest BCUT2D eigenvalue weighted by atomic mass is 35.5. The Bertz CT molecular complexity index is 3930. The van der Waals surface area contributed by atoms with Crippen LogP contribution in [0.4, 0.5) is 8.78 Å². The molecule has 6 aliphatic rings. The Kier molecular flexibility index (Phi) is 23.0. The van der Waals surface area contributed by atoms with E-state index in [0.717, 1.165) is 123 Å². The third-order valence-corrected chi connectivity index (χ3v) is 19.8. The molecule has 8 aromatic rings. The first kappa shape index (κ1) is 73.6. The van der Waals surface area contributed by atoms with Crippen molar-refractivity contribution in [3.63, 3.8) is 0 Å². The number of hydrogen-bond acceptors (Lipinski definition) is 20. The number of nitrogens with zero attached hydrogens (tertiary/aromatic N) is 6. The maximum Gasteiger partial charge on any atom is 0.335 e. The van der Waals surface area contributed by atoms with Crippen LogP contribution in [0.1, 0.15) is 119 Å². The number of carbonyl (C=O) groups excluding carboxylic acids is 1. The number of carbonyl (C=O) groups is 2. The number of aliphatic hydroxyl groups excluding tert-OH is 6. The highest BCUT2D eigenvalue weighted by Crippen LogP contribution is 2.52. The van der Waals surface area contributed by atoms with Crippen LogP contribution in [0.15, 0.2) is 109 Å².